The SMILES string of the molecule is CS(=O)(=O)N1CCC2(CCC(=O)N(Cc3cccc(F)c3)C2)CC1. The molecule has 1 spiro atoms. The molecule has 1 amide bonds. The molecule has 2 heterocycles. The van der Waals surface area contributed by atoms with Crippen molar-refractivity contribution in [1.82, 2.24) is 9.21 Å². The molecule has 0 aromatic heterocycles. The molecule has 0 radical (unpaired) electrons. The van der Waals surface area contributed by atoms with E-state index in [0.717, 1.165) is 24.8 Å². The first-order valence-corrected chi connectivity index (χ1v) is 10.1. The maximum absolute atomic E-state index is 13.4. The van der Waals surface area contributed by atoms with Gasteiger partial charge >= 0.3 is 0 Å². The van der Waals surface area contributed by atoms with Crippen LogP contribution in [0.5, 0.6) is 0 Å². The molecule has 7 heteroatoms. The molecule has 1 aromatic rings. The number of rotatable bonds is 3. The minimum Gasteiger partial charge on any atom is -0.338 e. The minimum atomic E-state index is -3.15. The summed E-state index contributed by atoms with van der Waals surface area (Å²) in [5.74, 6) is -0.205. The monoisotopic (exact) mass is 354 g/mol. The van der Waals surface area contributed by atoms with Gasteiger partial charge in [0.05, 0.1) is 6.26 Å². The van der Waals surface area contributed by atoms with Crippen molar-refractivity contribution in [2.75, 3.05) is 25.9 Å². The zero-order chi connectivity index (χ0) is 17.4. The fourth-order valence-electron chi connectivity index (χ4n) is 3.80. The number of sulfonamides is 1. The van der Waals surface area contributed by atoms with E-state index in [1.54, 1.807) is 11.0 Å². The molecular formula is C17H23FN2O3S. The molecular weight excluding hydrogens is 331 g/mol. The molecule has 24 heavy (non-hydrogen) atoms. The highest BCUT2D eigenvalue weighted by atomic mass is 32.2. The van der Waals surface area contributed by atoms with E-state index in [1.165, 1.54) is 22.7 Å². The number of likely N-dealkylation sites (tertiary alicyclic amines) is 1. The van der Waals surface area contributed by atoms with Crippen molar-refractivity contribution < 1.29 is 17.6 Å². The lowest BCUT2D eigenvalue weighted by molar-refractivity contribution is -0.139. The third-order valence-electron chi connectivity index (χ3n) is 5.26. The van der Waals surface area contributed by atoms with E-state index >= 15 is 0 Å². The Bertz CT molecular complexity index is 727. The van der Waals surface area contributed by atoms with Gasteiger partial charge in [-0.2, -0.15) is 0 Å². The van der Waals surface area contributed by atoms with Crippen molar-refractivity contribution in [2.24, 2.45) is 5.41 Å². The molecule has 2 fully saturated rings. The number of carbonyl (C=O) groups is 1. The predicted molar refractivity (Wildman–Crippen MR) is 89.1 cm³/mol. The Morgan fingerprint density at radius 1 is 1.21 bits per heavy atom. The van der Waals surface area contributed by atoms with Crippen LogP contribution in [-0.4, -0.2) is 49.4 Å². The second kappa shape index (κ2) is 6.44. The second-order valence-corrected chi connectivity index (χ2v) is 9.02. The Morgan fingerprint density at radius 2 is 1.92 bits per heavy atom. The number of nitrogens with zero attached hydrogens (tertiary/aromatic N) is 2. The van der Waals surface area contributed by atoms with Crippen LogP contribution in [0.2, 0.25) is 0 Å². The van der Waals surface area contributed by atoms with E-state index in [1.807, 2.05) is 6.07 Å². The molecule has 0 N–H and O–H groups in total. The molecule has 5 nitrogen and oxygen atoms in total. The molecule has 2 aliphatic heterocycles. The predicted octanol–water partition coefficient (Wildman–Crippen LogP) is 1.99. The number of carbonyl (C=O) groups excluding carboxylic acids is 1. The van der Waals surface area contributed by atoms with Crippen LogP contribution in [0.3, 0.4) is 0 Å². The first-order valence-electron chi connectivity index (χ1n) is 8.25. The van der Waals surface area contributed by atoms with Gasteiger partial charge in [0, 0.05) is 32.6 Å². The zero-order valence-corrected chi connectivity index (χ0v) is 14.7. The lowest BCUT2D eigenvalue weighted by atomic mass is 9.72. The zero-order valence-electron chi connectivity index (χ0n) is 13.9. The van der Waals surface area contributed by atoms with Crippen molar-refractivity contribution >= 4 is 15.9 Å². The maximum Gasteiger partial charge on any atom is 0.222 e. The van der Waals surface area contributed by atoms with Crippen LogP contribution < -0.4 is 0 Å². The molecule has 0 saturated carbocycles. The van der Waals surface area contributed by atoms with E-state index in [2.05, 4.69) is 0 Å². The smallest absolute Gasteiger partial charge is 0.222 e. The average molecular weight is 354 g/mol. The highest BCUT2D eigenvalue weighted by Crippen LogP contribution is 2.41. The number of benzene rings is 1. The summed E-state index contributed by atoms with van der Waals surface area (Å²) < 4.78 is 38.2. The van der Waals surface area contributed by atoms with Gasteiger partial charge in [-0.15, -0.1) is 0 Å². The molecule has 3 rings (SSSR count). The lowest BCUT2D eigenvalue weighted by Gasteiger charge is -2.47. The van der Waals surface area contributed by atoms with E-state index in [9.17, 15) is 17.6 Å². The third kappa shape index (κ3) is 3.78. The van der Waals surface area contributed by atoms with E-state index < -0.39 is 10.0 Å². The Labute approximate surface area is 142 Å². The number of halogens is 1. The van der Waals surface area contributed by atoms with Crippen molar-refractivity contribution in [3.05, 3.63) is 35.6 Å². The highest BCUT2D eigenvalue weighted by Gasteiger charge is 2.42. The molecule has 2 saturated heterocycles. The van der Waals surface area contributed by atoms with Crippen molar-refractivity contribution in [1.29, 1.82) is 0 Å². The average Bonchev–Trinajstić information content (AvgIpc) is 2.51. The Hall–Kier alpha value is -1.47. The minimum absolute atomic E-state index is 0.0115. The van der Waals surface area contributed by atoms with Gasteiger partial charge in [0.25, 0.3) is 0 Å². The van der Waals surface area contributed by atoms with Crippen LogP contribution in [0.4, 0.5) is 4.39 Å². The van der Waals surface area contributed by atoms with Gasteiger partial charge in [0.2, 0.25) is 15.9 Å². The van der Waals surface area contributed by atoms with Gasteiger partial charge in [0.15, 0.2) is 0 Å². The standard InChI is InChI=1S/C17H23FN2O3S/c1-24(22,23)20-9-7-17(8-10-20)6-5-16(21)19(13-17)12-14-3-2-4-15(18)11-14/h2-4,11H,5-10,12-13H2,1H3. The molecule has 1 aromatic carbocycles. The Morgan fingerprint density at radius 3 is 2.54 bits per heavy atom. The summed E-state index contributed by atoms with van der Waals surface area (Å²) in [5.41, 5.74) is 0.775. The van der Waals surface area contributed by atoms with Crippen LogP contribution in [0.1, 0.15) is 31.2 Å². The third-order valence-corrected chi connectivity index (χ3v) is 6.57. The molecule has 0 bridgehead atoms. The summed E-state index contributed by atoms with van der Waals surface area (Å²) in [5, 5.41) is 0. The largest absolute Gasteiger partial charge is 0.338 e. The lowest BCUT2D eigenvalue weighted by Crippen LogP contribution is -2.51. The van der Waals surface area contributed by atoms with E-state index in [4.69, 9.17) is 0 Å². The second-order valence-electron chi connectivity index (χ2n) is 7.04. The number of piperidine rings is 2. The van der Waals surface area contributed by atoms with Crippen molar-refractivity contribution in [3.63, 3.8) is 0 Å². The topological polar surface area (TPSA) is 57.7 Å². The van der Waals surface area contributed by atoms with Gasteiger partial charge < -0.3 is 4.90 Å². The summed E-state index contributed by atoms with van der Waals surface area (Å²) in [6.07, 6.45) is 4.07. The highest BCUT2D eigenvalue weighted by molar-refractivity contribution is 7.88. The van der Waals surface area contributed by atoms with Gasteiger partial charge in [0.1, 0.15) is 5.82 Å². The van der Waals surface area contributed by atoms with E-state index in [-0.39, 0.29) is 17.1 Å². The number of amides is 1. The van der Waals surface area contributed by atoms with Gasteiger partial charge in [-0.05, 0) is 42.4 Å². The molecule has 0 unspecified atom stereocenters. The first kappa shape index (κ1) is 17.4. The summed E-state index contributed by atoms with van der Waals surface area (Å²) >= 11 is 0. The quantitative estimate of drug-likeness (QED) is 0.834. The summed E-state index contributed by atoms with van der Waals surface area (Å²) in [7, 11) is -3.15. The van der Waals surface area contributed by atoms with E-state index in [0.29, 0.717) is 32.6 Å². The molecule has 0 aliphatic carbocycles. The van der Waals surface area contributed by atoms with Gasteiger partial charge in [-0.3, -0.25) is 4.79 Å². The van der Waals surface area contributed by atoms with Gasteiger partial charge in [-0.25, -0.2) is 17.1 Å². The number of hydrogen-bond donors (Lipinski definition) is 0. The first-order chi connectivity index (χ1) is 11.3. The molecule has 2 aliphatic rings. The van der Waals surface area contributed by atoms with Crippen LogP contribution >= 0.6 is 0 Å². The van der Waals surface area contributed by atoms with Gasteiger partial charge in [-0.1, -0.05) is 12.1 Å². The maximum atomic E-state index is 13.4. The number of hydrogen-bond acceptors (Lipinski definition) is 3. The normalized spacial score (nSPS) is 22.1. The fraction of sp³-hybridized carbons (Fsp3) is 0.588. The summed E-state index contributed by atoms with van der Waals surface area (Å²) in [4.78, 5) is 14.1. The Kier molecular flexibility index (Phi) is 4.66. The van der Waals surface area contributed by atoms with Crippen LogP contribution in [0, 0.1) is 11.2 Å². The summed E-state index contributed by atoms with van der Waals surface area (Å²) in [6, 6.07) is 6.33. The fourth-order valence-corrected chi connectivity index (χ4v) is 4.65. The van der Waals surface area contributed by atoms with Crippen molar-refractivity contribution in [3.8, 4) is 0 Å². The molecule has 132 valence electrons. The van der Waals surface area contributed by atoms with Crippen LogP contribution in [0.15, 0.2) is 24.3 Å². The van der Waals surface area contributed by atoms with Crippen LogP contribution in [0.25, 0.3) is 0 Å². The molecule has 0 atom stereocenters. The Balaban J connectivity index is 1.69. The van der Waals surface area contributed by atoms with Crippen molar-refractivity contribution in [2.45, 2.75) is 32.2 Å². The van der Waals surface area contributed by atoms with Crippen LogP contribution in [-0.2, 0) is 21.4 Å². The summed E-state index contributed by atoms with van der Waals surface area (Å²) in [6.45, 7) is 2.07.